The molecule has 2 fully saturated rings. The molecule has 2 N–H and O–H groups in total. The molecule has 1 aromatic rings. The van der Waals surface area contributed by atoms with Crippen LogP contribution in [0.25, 0.3) is 0 Å². The number of benzene rings is 1. The smallest absolute Gasteiger partial charge is 0.221 e. The van der Waals surface area contributed by atoms with Crippen molar-refractivity contribution in [1.82, 2.24) is 10.2 Å². The van der Waals surface area contributed by atoms with E-state index >= 15 is 0 Å². The van der Waals surface area contributed by atoms with Crippen molar-refractivity contribution in [2.24, 2.45) is 0 Å². The summed E-state index contributed by atoms with van der Waals surface area (Å²) in [5.74, 6) is 0.460. The Morgan fingerprint density at radius 3 is 2.60 bits per heavy atom. The Bertz CT molecular complexity index is 467. The Morgan fingerprint density at radius 1 is 1.25 bits per heavy atom. The maximum absolute atomic E-state index is 11.9. The van der Waals surface area contributed by atoms with Gasteiger partial charge in [-0.15, -0.1) is 0 Å². The molecular weight excluding hydrogens is 252 g/mol. The Hall–Kier alpha value is -1.39. The molecule has 4 heteroatoms. The molecule has 1 amide bonds. The summed E-state index contributed by atoms with van der Waals surface area (Å²) in [6, 6.07) is 10.4. The molecule has 3 rings (SSSR count). The van der Waals surface area contributed by atoms with Crippen LogP contribution in [0.5, 0.6) is 0 Å². The molecule has 0 aromatic heterocycles. The van der Waals surface area contributed by atoms with Crippen molar-refractivity contribution >= 4 is 5.91 Å². The maximum Gasteiger partial charge on any atom is 0.221 e. The number of carbonyl (C=O) groups excluding carboxylic acids is 1. The summed E-state index contributed by atoms with van der Waals surface area (Å²) in [4.78, 5) is 14.2. The Balaban J connectivity index is 1.79. The van der Waals surface area contributed by atoms with E-state index in [2.05, 4.69) is 22.3 Å². The lowest BCUT2D eigenvalue weighted by Crippen LogP contribution is -2.53. The quantitative estimate of drug-likeness (QED) is 0.868. The van der Waals surface area contributed by atoms with E-state index in [9.17, 15) is 4.79 Å². The number of β-amino-alcohol motifs (C(OH)–C–C–N with tert-alkyl or cyclic N) is 1. The average Bonchev–Trinajstić information content (AvgIpc) is 2.79. The van der Waals surface area contributed by atoms with Gasteiger partial charge in [-0.1, -0.05) is 30.3 Å². The van der Waals surface area contributed by atoms with E-state index in [0.717, 1.165) is 32.5 Å². The van der Waals surface area contributed by atoms with Gasteiger partial charge in [0.05, 0.1) is 6.61 Å². The normalized spacial score (nSPS) is 25.9. The van der Waals surface area contributed by atoms with Gasteiger partial charge >= 0.3 is 0 Å². The Kier molecular flexibility index (Phi) is 3.76. The average molecular weight is 274 g/mol. The minimum absolute atomic E-state index is 0.0790. The van der Waals surface area contributed by atoms with E-state index in [0.29, 0.717) is 6.42 Å². The highest BCUT2D eigenvalue weighted by Crippen LogP contribution is 2.42. The van der Waals surface area contributed by atoms with Crippen molar-refractivity contribution in [2.45, 2.75) is 30.7 Å². The number of nitrogens with zero attached hydrogens (tertiary/aromatic N) is 1. The number of likely N-dealkylation sites (tertiary alicyclic amines) is 1. The summed E-state index contributed by atoms with van der Waals surface area (Å²) >= 11 is 0. The summed E-state index contributed by atoms with van der Waals surface area (Å²) in [6.45, 7) is 2.84. The second kappa shape index (κ2) is 5.54. The van der Waals surface area contributed by atoms with Gasteiger partial charge in [0.25, 0.3) is 0 Å². The van der Waals surface area contributed by atoms with Crippen LogP contribution in [0.1, 0.15) is 30.7 Å². The molecule has 20 heavy (non-hydrogen) atoms. The van der Waals surface area contributed by atoms with Crippen molar-refractivity contribution in [1.29, 1.82) is 0 Å². The molecule has 2 saturated heterocycles. The molecule has 1 unspecified atom stereocenters. The zero-order valence-electron chi connectivity index (χ0n) is 11.7. The SMILES string of the molecule is O=C1CC(c2ccccc2)C2(CCN(CCO)CC2)N1. The first-order valence-corrected chi connectivity index (χ1v) is 7.43. The second-order valence-electron chi connectivity index (χ2n) is 5.94. The standard InChI is InChI=1S/C16H22N2O2/c19-11-10-18-8-6-16(7-9-18)14(12-15(20)17-16)13-4-2-1-3-5-13/h1-5,14,19H,6-12H2,(H,17,20). The molecule has 2 aliphatic heterocycles. The molecule has 0 bridgehead atoms. The topological polar surface area (TPSA) is 52.6 Å². The first kappa shape index (κ1) is 13.6. The highest BCUT2D eigenvalue weighted by Gasteiger charge is 2.48. The molecule has 108 valence electrons. The molecule has 2 aliphatic rings. The van der Waals surface area contributed by atoms with E-state index in [1.807, 2.05) is 18.2 Å². The number of aliphatic hydroxyl groups is 1. The third-order valence-corrected chi connectivity index (χ3v) is 4.81. The van der Waals surface area contributed by atoms with Crippen LogP contribution in [-0.4, -0.2) is 47.7 Å². The minimum Gasteiger partial charge on any atom is -0.395 e. The summed E-state index contributed by atoms with van der Waals surface area (Å²) in [5.41, 5.74) is 1.19. The van der Waals surface area contributed by atoms with E-state index < -0.39 is 0 Å². The van der Waals surface area contributed by atoms with Crippen molar-refractivity contribution in [2.75, 3.05) is 26.2 Å². The van der Waals surface area contributed by atoms with Crippen molar-refractivity contribution in [3.05, 3.63) is 35.9 Å². The van der Waals surface area contributed by atoms with Crippen LogP contribution in [0.15, 0.2) is 30.3 Å². The predicted molar refractivity (Wildman–Crippen MR) is 77.4 cm³/mol. The van der Waals surface area contributed by atoms with Gasteiger partial charge in [0.2, 0.25) is 5.91 Å². The number of aliphatic hydroxyl groups excluding tert-OH is 1. The van der Waals surface area contributed by atoms with Gasteiger partial charge in [0, 0.05) is 37.5 Å². The summed E-state index contributed by atoms with van der Waals surface area (Å²) in [7, 11) is 0. The zero-order valence-corrected chi connectivity index (χ0v) is 11.7. The lowest BCUT2D eigenvalue weighted by Gasteiger charge is -2.42. The number of amides is 1. The number of carbonyl (C=O) groups is 1. The fourth-order valence-corrected chi connectivity index (χ4v) is 3.71. The van der Waals surface area contributed by atoms with Crippen molar-refractivity contribution < 1.29 is 9.90 Å². The minimum atomic E-state index is -0.0790. The lowest BCUT2D eigenvalue weighted by molar-refractivity contribution is -0.120. The molecule has 4 nitrogen and oxygen atoms in total. The number of piperidine rings is 1. The first-order chi connectivity index (χ1) is 9.73. The predicted octanol–water partition coefficient (Wildman–Crippen LogP) is 1.12. The number of nitrogens with one attached hydrogen (secondary N) is 1. The number of hydrogen-bond acceptors (Lipinski definition) is 3. The highest BCUT2D eigenvalue weighted by molar-refractivity contribution is 5.81. The van der Waals surface area contributed by atoms with E-state index in [-0.39, 0.29) is 24.0 Å². The molecular formula is C16H22N2O2. The van der Waals surface area contributed by atoms with Crippen LogP contribution >= 0.6 is 0 Å². The van der Waals surface area contributed by atoms with Crippen molar-refractivity contribution in [3.8, 4) is 0 Å². The highest BCUT2D eigenvalue weighted by atomic mass is 16.3. The monoisotopic (exact) mass is 274 g/mol. The maximum atomic E-state index is 11.9. The summed E-state index contributed by atoms with van der Waals surface area (Å²) in [5, 5.41) is 12.3. The molecule has 1 aromatic carbocycles. The van der Waals surface area contributed by atoms with Gasteiger partial charge < -0.3 is 15.3 Å². The van der Waals surface area contributed by atoms with Gasteiger partial charge in [-0.2, -0.15) is 0 Å². The fourth-order valence-electron chi connectivity index (χ4n) is 3.71. The zero-order chi connectivity index (χ0) is 14.0. The molecule has 0 radical (unpaired) electrons. The van der Waals surface area contributed by atoms with Gasteiger partial charge in [-0.25, -0.2) is 0 Å². The molecule has 0 aliphatic carbocycles. The van der Waals surface area contributed by atoms with Crippen LogP contribution in [0.2, 0.25) is 0 Å². The Morgan fingerprint density at radius 2 is 1.95 bits per heavy atom. The third kappa shape index (κ3) is 2.45. The Labute approximate surface area is 119 Å². The summed E-state index contributed by atoms with van der Waals surface area (Å²) in [6.07, 6.45) is 2.54. The second-order valence-corrected chi connectivity index (χ2v) is 5.94. The largest absolute Gasteiger partial charge is 0.395 e. The lowest BCUT2D eigenvalue weighted by atomic mass is 9.74. The molecule has 1 spiro atoms. The van der Waals surface area contributed by atoms with Gasteiger partial charge in [-0.3, -0.25) is 4.79 Å². The van der Waals surface area contributed by atoms with E-state index in [4.69, 9.17) is 5.11 Å². The van der Waals surface area contributed by atoms with Crippen LogP contribution in [0.3, 0.4) is 0 Å². The molecule has 1 atom stereocenters. The van der Waals surface area contributed by atoms with Crippen LogP contribution in [0.4, 0.5) is 0 Å². The summed E-state index contributed by atoms with van der Waals surface area (Å²) < 4.78 is 0. The molecule has 0 saturated carbocycles. The third-order valence-electron chi connectivity index (χ3n) is 4.81. The first-order valence-electron chi connectivity index (χ1n) is 7.43. The van der Waals surface area contributed by atoms with Crippen LogP contribution in [-0.2, 0) is 4.79 Å². The number of rotatable bonds is 3. The molecule has 2 heterocycles. The van der Waals surface area contributed by atoms with E-state index in [1.54, 1.807) is 0 Å². The van der Waals surface area contributed by atoms with Crippen LogP contribution in [0, 0.1) is 0 Å². The van der Waals surface area contributed by atoms with Crippen LogP contribution < -0.4 is 5.32 Å². The van der Waals surface area contributed by atoms with Gasteiger partial charge in [0.1, 0.15) is 0 Å². The van der Waals surface area contributed by atoms with Gasteiger partial charge in [-0.05, 0) is 18.4 Å². The van der Waals surface area contributed by atoms with Gasteiger partial charge in [0.15, 0.2) is 0 Å². The number of hydrogen-bond donors (Lipinski definition) is 2. The van der Waals surface area contributed by atoms with Crippen molar-refractivity contribution in [3.63, 3.8) is 0 Å². The van der Waals surface area contributed by atoms with E-state index in [1.165, 1.54) is 5.56 Å². The fraction of sp³-hybridized carbons (Fsp3) is 0.562.